The van der Waals surface area contributed by atoms with Crippen molar-refractivity contribution in [1.29, 1.82) is 0 Å². The lowest BCUT2D eigenvalue weighted by molar-refractivity contribution is -0.137. The number of hydrogen-bond donors (Lipinski definition) is 0. The number of benzene rings is 1. The molecular weight excluding hydrogens is 439 g/mol. The maximum absolute atomic E-state index is 12.9. The van der Waals surface area contributed by atoms with Gasteiger partial charge in [-0.3, -0.25) is 4.98 Å². The Morgan fingerprint density at radius 2 is 2.08 bits per heavy atom. The fourth-order valence-electron chi connectivity index (χ4n) is 2.66. The first-order chi connectivity index (χ1) is 11.8. The molecule has 1 aromatic heterocycles. The van der Waals surface area contributed by atoms with Gasteiger partial charge in [0.1, 0.15) is 6.10 Å². The van der Waals surface area contributed by atoms with Crippen LogP contribution in [-0.2, 0) is 10.9 Å². The van der Waals surface area contributed by atoms with Crippen LogP contribution in [0.5, 0.6) is 0 Å². The standard InChI is InChI=1S/C17H14BrClF3NOS/c18-11-7-14(19)16(23-9-11)15-8-13(4-5-24-15)25-12-3-1-2-10(6-12)17(20,21)22/h1-3,6-7,9,13,15H,4-5,8H2. The molecule has 0 bridgehead atoms. The van der Waals surface area contributed by atoms with E-state index in [1.54, 1.807) is 18.3 Å². The second kappa shape index (κ2) is 7.86. The Balaban J connectivity index is 1.72. The zero-order valence-electron chi connectivity index (χ0n) is 12.9. The molecule has 2 heterocycles. The van der Waals surface area contributed by atoms with Gasteiger partial charge in [0, 0.05) is 27.4 Å². The summed E-state index contributed by atoms with van der Waals surface area (Å²) >= 11 is 11.0. The maximum atomic E-state index is 12.9. The van der Waals surface area contributed by atoms with Crippen LogP contribution in [0.15, 0.2) is 45.9 Å². The largest absolute Gasteiger partial charge is 0.416 e. The molecule has 1 aromatic carbocycles. The molecule has 2 unspecified atom stereocenters. The summed E-state index contributed by atoms with van der Waals surface area (Å²) in [6.45, 7) is 0.523. The lowest BCUT2D eigenvalue weighted by Gasteiger charge is -2.29. The van der Waals surface area contributed by atoms with Crippen molar-refractivity contribution in [3.05, 3.63) is 57.3 Å². The normalized spacial score (nSPS) is 21.3. The van der Waals surface area contributed by atoms with E-state index in [1.165, 1.54) is 23.9 Å². The number of aromatic nitrogens is 1. The summed E-state index contributed by atoms with van der Waals surface area (Å²) in [6, 6.07) is 7.18. The summed E-state index contributed by atoms with van der Waals surface area (Å²) in [5, 5.41) is 0.660. The Morgan fingerprint density at radius 1 is 1.28 bits per heavy atom. The lowest BCUT2D eigenvalue weighted by atomic mass is 10.1. The van der Waals surface area contributed by atoms with Crippen LogP contribution < -0.4 is 0 Å². The molecule has 1 saturated heterocycles. The van der Waals surface area contributed by atoms with E-state index < -0.39 is 11.7 Å². The number of rotatable bonds is 3. The van der Waals surface area contributed by atoms with E-state index in [-0.39, 0.29) is 11.4 Å². The van der Waals surface area contributed by atoms with Gasteiger partial charge >= 0.3 is 6.18 Å². The molecule has 134 valence electrons. The molecule has 0 amide bonds. The fourth-order valence-corrected chi connectivity index (χ4v) is 4.64. The highest BCUT2D eigenvalue weighted by molar-refractivity contribution is 9.10. The Labute approximate surface area is 161 Å². The van der Waals surface area contributed by atoms with E-state index in [9.17, 15) is 13.2 Å². The highest BCUT2D eigenvalue weighted by atomic mass is 79.9. The third-order valence-electron chi connectivity index (χ3n) is 3.84. The Bertz CT molecular complexity index is 759. The Kier molecular flexibility index (Phi) is 5.98. The number of hydrogen-bond acceptors (Lipinski definition) is 3. The molecule has 1 aliphatic rings. The van der Waals surface area contributed by atoms with Crippen LogP contribution in [0.4, 0.5) is 13.2 Å². The molecule has 0 saturated carbocycles. The minimum atomic E-state index is -4.33. The predicted octanol–water partition coefficient (Wildman–Crippen LogP) is 6.53. The third-order valence-corrected chi connectivity index (χ3v) is 5.87. The van der Waals surface area contributed by atoms with Crippen molar-refractivity contribution in [2.45, 2.75) is 35.3 Å². The number of halogens is 5. The number of thioether (sulfide) groups is 1. The summed E-state index contributed by atoms with van der Waals surface area (Å²) in [5.74, 6) is 0. The quantitative estimate of drug-likeness (QED) is 0.529. The van der Waals surface area contributed by atoms with Gasteiger partial charge < -0.3 is 4.74 Å². The van der Waals surface area contributed by atoms with Crippen molar-refractivity contribution in [2.24, 2.45) is 0 Å². The van der Waals surface area contributed by atoms with Gasteiger partial charge in [0.25, 0.3) is 0 Å². The fraction of sp³-hybridized carbons (Fsp3) is 0.353. The van der Waals surface area contributed by atoms with Crippen molar-refractivity contribution in [2.75, 3.05) is 6.61 Å². The molecule has 25 heavy (non-hydrogen) atoms. The van der Waals surface area contributed by atoms with Crippen LogP contribution in [0.25, 0.3) is 0 Å². The van der Waals surface area contributed by atoms with Gasteiger partial charge in [-0.05, 0) is 53.0 Å². The zero-order chi connectivity index (χ0) is 18.0. The van der Waals surface area contributed by atoms with Crippen molar-refractivity contribution in [3.8, 4) is 0 Å². The molecule has 0 N–H and O–H groups in total. The van der Waals surface area contributed by atoms with Crippen molar-refractivity contribution < 1.29 is 17.9 Å². The van der Waals surface area contributed by atoms with E-state index >= 15 is 0 Å². The molecule has 2 nitrogen and oxygen atoms in total. The second-order valence-electron chi connectivity index (χ2n) is 5.67. The van der Waals surface area contributed by atoms with Gasteiger partial charge in [-0.15, -0.1) is 11.8 Å². The second-order valence-corrected chi connectivity index (χ2v) is 8.37. The molecule has 0 spiro atoms. The Morgan fingerprint density at radius 3 is 2.80 bits per heavy atom. The third kappa shape index (κ3) is 4.90. The van der Waals surface area contributed by atoms with E-state index in [2.05, 4.69) is 20.9 Å². The summed E-state index contributed by atoms with van der Waals surface area (Å²) in [7, 11) is 0. The van der Waals surface area contributed by atoms with Gasteiger partial charge in [0.15, 0.2) is 0 Å². The molecule has 0 radical (unpaired) electrons. The summed E-state index contributed by atoms with van der Waals surface area (Å²) < 4.78 is 45.1. The number of ether oxygens (including phenoxy) is 1. The molecule has 1 fully saturated rings. The van der Waals surface area contributed by atoms with Gasteiger partial charge in [-0.25, -0.2) is 0 Å². The predicted molar refractivity (Wildman–Crippen MR) is 96.0 cm³/mol. The molecule has 1 aliphatic heterocycles. The number of pyridine rings is 1. The average Bonchev–Trinajstić information content (AvgIpc) is 2.54. The van der Waals surface area contributed by atoms with Crippen LogP contribution in [0.3, 0.4) is 0 Å². The van der Waals surface area contributed by atoms with Crippen LogP contribution in [0.1, 0.15) is 30.2 Å². The minimum absolute atomic E-state index is 0.142. The summed E-state index contributed by atoms with van der Waals surface area (Å²) in [5.41, 5.74) is 0.0398. The highest BCUT2D eigenvalue weighted by Crippen LogP contribution is 2.40. The number of nitrogens with zero attached hydrogens (tertiary/aromatic N) is 1. The zero-order valence-corrected chi connectivity index (χ0v) is 16.1. The van der Waals surface area contributed by atoms with Crippen LogP contribution in [-0.4, -0.2) is 16.8 Å². The minimum Gasteiger partial charge on any atom is -0.372 e. The van der Waals surface area contributed by atoms with Gasteiger partial charge in [-0.1, -0.05) is 17.7 Å². The van der Waals surface area contributed by atoms with Crippen molar-refractivity contribution >= 4 is 39.3 Å². The van der Waals surface area contributed by atoms with E-state index in [0.717, 1.165) is 17.0 Å². The van der Waals surface area contributed by atoms with Crippen molar-refractivity contribution in [3.63, 3.8) is 0 Å². The van der Waals surface area contributed by atoms with Gasteiger partial charge in [-0.2, -0.15) is 13.2 Å². The van der Waals surface area contributed by atoms with Gasteiger partial charge in [0.05, 0.1) is 16.3 Å². The molecular formula is C17H14BrClF3NOS. The monoisotopic (exact) mass is 451 g/mol. The summed E-state index contributed by atoms with van der Waals surface area (Å²) in [6.07, 6.45) is -1.50. The first-order valence-corrected chi connectivity index (χ1v) is 9.64. The topological polar surface area (TPSA) is 22.1 Å². The first kappa shape index (κ1) is 19.0. The molecule has 0 aliphatic carbocycles. The summed E-state index contributed by atoms with van der Waals surface area (Å²) in [4.78, 5) is 4.93. The average molecular weight is 453 g/mol. The van der Waals surface area contributed by atoms with Crippen molar-refractivity contribution in [1.82, 2.24) is 4.98 Å². The maximum Gasteiger partial charge on any atom is 0.416 e. The smallest absolute Gasteiger partial charge is 0.372 e. The number of alkyl halides is 3. The Hall–Kier alpha value is -0.760. The van der Waals surface area contributed by atoms with Crippen LogP contribution in [0.2, 0.25) is 5.02 Å². The van der Waals surface area contributed by atoms with E-state index in [1.807, 2.05) is 0 Å². The molecule has 8 heteroatoms. The molecule has 3 rings (SSSR count). The molecule has 2 aromatic rings. The van der Waals surface area contributed by atoms with Crippen LogP contribution in [0, 0.1) is 0 Å². The van der Waals surface area contributed by atoms with E-state index in [0.29, 0.717) is 28.6 Å². The highest BCUT2D eigenvalue weighted by Gasteiger charge is 2.31. The first-order valence-electron chi connectivity index (χ1n) is 7.59. The van der Waals surface area contributed by atoms with E-state index in [4.69, 9.17) is 16.3 Å². The molecule has 2 atom stereocenters. The lowest BCUT2D eigenvalue weighted by Crippen LogP contribution is -2.22. The van der Waals surface area contributed by atoms with Crippen LogP contribution >= 0.6 is 39.3 Å². The van der Waals surface area contributed by atoms with Gasteiger partial charge in [0.2, 0.25) is 0 Å². The SMILES string of the molecule is FC(F)(F)c1cccc(SC2CCOC(c3ncc(Br)cc3Cl)C2)c1.